The Morgan fingerprint density at radius 2 is 2.00 bits per heavy atom. The number of rotatable bonds is 6. The fourth-order valence-electron chi connectivity index (χ4n) is 3.18. The van der Waals surface area contributed by atoms with Crippen LogP contribution < -0.4 is 5.56 Å². The minimum absolute atomic E-state index is 0.221. The molecule has 0 fully saturated rings. The summed E-state index contributed by atoms with van der Waals surface area (Å²) >= 11 is 15.6. The molecule has 0 amide bonds. The molecule has 0 atom stereocenters. The fourth-order valence-corrected chi connectivity index (χ4v) is 4.04. The van der Waals surface area contributed by atoms with E-state index in [1.165, 1.54) is 10.9 Å². The van der Waals surface area contributed by atoms with Crippen molar-refractivity contribution >= 4 is 56.2 Å². The third-order valence-electron chi connectivity index (χ3n) is 4.75. The number of unbranched alkanes of at least 4 members (excludes halogenated alkanes) is 1. The number of furan rings is 1. The molecule has 5 nitrogen and oxygen atoms in total. The molecule has 0 N–H and O–H groups in total. The normalized spacial score (nSPS) is 11.6. The maximum absolute atomic E-state index is 13.1. The molecule has 2 heterocycles. The van der Waals surface area contributed by atoms with Crippen molar-refractivity contribution in [3.8, 4) is 11.3 Å². The van der Waals surface area contributed by atoms with Crippen molar-refractivity contribution in [2.75, 3.05) is 0 Å². The summed E-state index contributed by atoms with van der Waals surface area (Å²) in [7, 11) is 0. The average molecular weight is 519 g/mol. The maximum atomic E-state index is 13.1. The maximum Gasteiger partial charge on any atom is 0.282 e. The number of fused-ring (bicyclic) bond motifs is 1. The van der Waals surface area contributed by atoms with Gasteiger partial charge in [-0.25, -0.2) is 4.98 Å². The van der Waals surface area contributed by atoms with Crippen LogP contribution >= 0.6 is 39.1 Å². The second-order valence-electron chi connectivity index (χ2n) is 6.98. The third-order valence-corrected chi connectivity index (χ3v) is 5.79. The van der Waals surface area contributed by atoms with E-state index in [1.807, 2.05) is 12.1 Å². The zero-order valence-corrected chi connectivity index (χ0v) is 19.7. The molecule has 0 bridgehead atoms. The molecule has 2 aromatic heterocycles. The van der Waals surface area contributed by atoms with Crippen molar-refractivity contribution < 1.29 is 4.42 Å². The van der Waals surface area contributed by atoms with Crippen molar-refractivity contribution in [2.45, 2.75) is 26.2 Å². The van der Waals surface area contributed by atoms with Crippen molar-refractivity contribution in [2.24, 2.45) is 5.10 Å². The lowest BCUT2D eigenvalue weighted by Gasteiger charge is -2.09. The Kier molecular flexibility index (Phi) is 6.60. The van der Waals surface area contributed by atoms with Gasteiger partial charge >= 0.3 is 0 Å². The standard InChI is InChI=1S/C23H18BrCl2N3O2/c1-2-3-4-22-28-20-9-5-14(24)11-18(20)23(30)29(22)27-13-16-7-10-21(31-16)17-8-6-15(25)12-19(17)26/h5-13H,2-4H2,1H3. The second-order valence-corrected chi connectivity index (χ2v) is 8.74. The van der Waals surface area contributed by atoms with Crippen molar-refractivity contribution in [1.29, 1.82) is 0 Å². The van der Waals surface area contributed by atoms with E-state index in [0.717, 1.165) is 22.9 Å². The number of benzene rings is 2. The summed E-state index contributed by atoms with van der Waals surface area (Å²) in [6, 6.07) is 14.2. The van der Waals surface area contributed by atoms with Gasteiger partial charge in [0.25, 0.3) is 5.56 Å². The Morgan fingerprint density at radius 1 is 1.16 bits per heavy atom. The molecular weight excluding hydrogens is 501 g/mol. The highest BCUT2D eigenvalue weighted by Crippen LogP contribution is 2.31. The topological polar surface area (TPSA) is 60.4 Å². The summed E-state index contributed by atoms with van der Waals surface area (Å²) in [5.74, 6) is 1.69. The largest absolute Gasteiger partial charge is 0.455 e. The summed E-state index contributed by atoms with van der Waals surface area (Å²) in [6.07, 6.45) is 4.06. The summed E-state index contributed by atoms with van der Waals surface area (Å²) in [6.45, 7) is 2.09. The zero-order valence-electron chi connectivity index (χ0n) is 16.6. The van der Waals surface area contributed by atoms with E-state index in [4.69, 9.17) is 27.6 Å². The van der Waals surface area contributed by atoms with Crippen molar-refractivity contribution in [3.05, 3.63) is 85.0 Å². The van der Waals surface area contributed by atoms with E-state index in [1.54, 1.807) is 36.4 Å². The van der Waals surface area contributed by atoms with E-state index in [0.29, 0.717) is 44.7 Å². The molecule has 0 aliphatic carbocycles. The number of nitrogens with zero attached hydrogens (tertiary/aromatic N) is 3. The highest BCUT2D eigenvalue weighted by Gasteiger charge is 2.12. The van der Waals surface area contributed by atoms with E-state index >= 15 is 0 Å². The lowest BCUT2D eigenvalue weighted by atomic mass is 10.2. The van der Waals surface area contributed by atoms with Gasteiger partial charge in [0.15, 0.2) is 0 Å². The molecule has 0 spiro atoms. The first kappa shape index (κ1) is 21.8. The lowest BCUT2D eigenvalue weighted by molar-refractivity contribution is 0.573. The predicted molar refractivity (Wildman–Crippen MR) is 129 cm³/mol. The van der Waals surface area contributed by atoms with Crippen LogP contribution in [0.1, 0.15) is 31.4 Å². The number of aryl methyl sites for hydroxylation is 1. The van der Waals surface area contributed by atoms with E-state index < -0.39 is 0 Å². The SMILES string of the molecule is CCCCc1nc2ccc(Br)cc2c(=O)n1N=Cc1ccc(-c2ccc(Cl)cc2Cl)o1. The first-order valence-electron chi connectivity index (χ1n) is 9.77. The number of hydrogen-bond donors (Lipinski definition) is 0. The van der Waals surface area contributed by atoms with Crippen LogP contribution in [-0.2, 0) is 6.42 Å². The molecule has 4 rings (SSSR count). The van der Waals surface area contributed by atoms with Gasteiger partial charge in [0.1, 0.15) is 17.3 Å². The van der Waals surface area contributed by atoms with Crippen LogP contribution in [0, 0.1) is 0 Å². The van der Waals surface area contributed by atoms with Crippen LogP contribution in [0.4, 0.5) is 0 Å². The Bertz CT molecular complexity index is 1340. The highest BCUT2D eigenvalue weighted by atomic mass is 79.9. The lowest BCUT2D eigenvalue weighted by Crippen LogP contribution is -2.22. The molecule has 0 unspecified atom stereocenters. The minimum atomic E-state index is -0.221. The van der Waals surface area contributed by atoms with Gasteiger partial charge in [-0.2, -0.15) is 9.78 Å². The molecule has 0 aliphatic heterocycles. The van der Waals surface area contributed by atoms with Gasteiger partial charge in [-0.05, 0) is 55.0 Å². The van der Waals surface area contributed by atoms with Gasteiger partial charge < -0.3 is 4.42 Å². The van der Waals surface area contributed by atoms with Gasteiger partial charge in [0.2, 0.25) is 0 Å². The summed E-state index contributed by atoms with van der Waals surface area (Å²) < 4.78 is 8.02. The molecule has 8 heteroatoms. The number of hydrogen-bond acceptors (Lipinski definition) is 4. The summed E-state index contributed by atoms with van der Waals surface area (Å²) in [4.78, 5) is 17.8. The Balaban J connectivity index is 1.73. The van der Waals surface area contributed by atoms with Gasteiger partial charge in [0.05, 0.1) is 22.1 Å². The molecule has 0 saturated carbocycles. The van der Waals surface area contributed by atoms with Crippen LogP contribution in [-0.4, -0.2) is 15.9 Å². The quantitative estimate of drug-likeness (QED) is 0.259. The van der Waals surface area contributed by atoms with Crippen LogP contribution in [0.5, 0.6) is 0 Å². The van der Waals surface area contributed by atoms with Gasteiger partial charge in [-0.1, -0.05) is 52.5 Å². The van der Waals surface area contributed by atoms with Gasteiger partial charge in [-0.3, -0.25) is 4.79 Å². The molecule has 158 valence electrons. The molecule has 0 radical (unpaired) electrons. The first-order valence-corrected chi connectivity index (χ1v) is 11.3. The van der Waals surface area contributed by atoms with Crippen molar-refractivity contribution in [1.82, 2.24) is 9.66 Å². The second kappa shape index (κ2) is 9.39. The van der Waals surface area contributed by atoms with Crippen LogP contribution in [0.15, 0.2) is 67.3 Å². The first-order chi connectivity index (χ1) is 15.0. The monoisotopic (exact) mass is 517 g/mol. The molecular formula is C23H18BrCl2N3O2. The molecule has 31 heavy (non-hydrogen) atoms. The van der Waals surface area contributed by atoms with Gasteiger partial charge in [0, 0.05) is 21.5 Å². The number of halogens is 3. The molecule has 0 aliphatic rings. The van der Waals surface area contributed by atoms with E-state index in [-0.39, 0.29) is 5.56 Å². The Hall–Kier alpha value is -2.41. The van der Waals surface area contributed by atoms with Crippen LogP contribution in [0.3, 0.4) is 0 Å². The summed E-state index contributed by atoms with van der Waals surface area (Å²) in [5, 5.41) is 5.95. The summed E-state index contributed by atoms with van der Waals surface area (Å²) in [5.41, 5.74) is 1.16. The fraction of sp³-hybridized carbons (Fsp3) is 0.174. The van der Waals surface area contributed by atoms with Crippen LogP contribution in [0.2, 0.25) is 10.0 Å². The van der Waals surface area contributed by atoms with Crippen LogP contribution in [0.25, 0.3) is 22.2 Å². The number of aromatic nitrogens is 2. The average Bonchev–Trinajstić information content (AvgIpc) is 3.21. The van der Waals surface area contributed by atoms with Crippen molar-refractivity contribution in [3.63, 3.8) is 0 Å². The van der Waals surface area contributed by atoms with E-state index in [9.17, 15) is 4.79 Å². The highest BCUT2D eigenvalue weighted by molar-refractivity contribution is 9.10. The van der Waals surface area contributed by atoms with Gasteiger partial charge in [-0.15, -0.1) is 0 Å². The Labute approximate surface area is 197 Å². The molecule has 4 aromatic rings. The zero-order chi connectivity index (χ0) is 22.0. The third kappa shape index (κ3) is 4.76. The smallest absolute Gasteiger partial charge is 0.282 e. The minimum Gasteiger partial charge on any atom is -0.455 e. The molecule has 2 aromatic carbocycles. The molecule has 0 saturated heterocycles. The van der Waals surface area contributed by atoms with E-state index in [2.05, 4.69) is 32.9 Å². The predicted octanol–water partition coefficient (Wildman–Crippen LogP) is 6.95. The Morgan fingerprint density at radius 3 is 2.77 bits per heavy atom.